The van der Waals surface area contributed by atoms with Crippen molar-refractivity contribution in [3.05, 3.63) is 99.9 Å². The normalized spacial score (nSPS) is 12.1. The number of rotatable bonds is 7. The standard InChI is InChI=1S/C24H21Cl2N3O/c25-17-5-3-4-16(12-17)20(22-15-29-23-8-7-18(26)13-21(22)23)14-24(30)28-11-9-19-6-1-2-10-27-19/h1-8,10,12-13,15,20,29H,9,11,14H2,(H,28,30)/t20-/m0/s1. The van der Waals surface area contributed by atoms with E-state index in [4.69, 9.17) is 23.2 Å². The van der Waals surface area contributed by atoms with Crippen molar-refractivity contribution >= 4 is 40.0 Å². The first-order chi connectivity index (χ1) is 14.6. The molecule has 4 nitrogen and oxygen atoms in total. The van der Waals surface area contributed by atoms with E-state index in [1.807, 2.05) is 66.9 Å². The van der Waals surface area contributed by atoms with E-state index in [0.29, 0.717) is 29.4 Å². The van der Waals surface area contributed by atoms with Gasteiger partial charge in [0.25, 0.3) is 0 Å². The van der Waals surface area contributed by atoms with E-state index in [1.54, 1.807) is 6.20 Å². The number of carbonyl (C=O) groups excluding carboxylic acids is 1. The Labute approximate surface area is 185 Å². The highest BCUT2D eigenvalue weighted by atomic mass is 35.5. The molecule has 2 aromatic heterocycles. The highest BCUT2D eigenvalue weighted by molar-refractivity contribution is 6.31. The van der Waals surface area contributed by atoms with E-state index < -0.39 is 0 Å². The van der Waals surface area contributed by atoms with E-state index in [9.17, 15) is 4.79 Å². The number of carbonyl (C=O) groups is 1. The predicted octanol–water partition coefficient (Wildman–Crippen LogP) is 5.75. The summed E-state index contributed by atoms with van der Waals surface area (Å²) in [5.41, 5.74) is 3.95. The van der Waals surface area contributed by atoms with Gasteiger partial charge in [-0.1, -0.05) is 41.4 Å². The molecule has 0 saturated carbocycles. The molecule has 152 valence electrons. The Bertz CT molecular complexity index is 1160. The minimum Gasteiger partial charge on any atom is -0.361 e. The van der Waals surface area contributed by atoms with Crippen molar-refractivity contribution in [1.29, 1.82) is 0 Å². The summed E-state index contributed by atoms with van der Waals surface area (Å²) in [6.07, 6.45) is 4.71. The second-order valence-corrected chi connectivity index (χ2v) is 8.04. The smallest absolute Gasteiger partial charge is 0.220 e. The van der Waals surface area contributed by atoms with Gasteiger partial charge in [-0.15, -0.1) is 0 Å². The van der Waals surface area contributed by atoms with Gasteiger partial charge in [-0.2, -0.15) is 0 Å². The zero-order valence-corrected chi connectivity index (χ0v) is 17.8. The van der Waals surface area contributed by atoms with Gasteiger partial charge >= 0.3 is 0 Å². The van der Waals surface area contributed by atoms with Crippen molar-refractivity contribution in [2.24, 2.45) is 0 Å². The Hall–Kier alpha value is -2.82. The van der Waals surface area contributed by atoms with Crippen LogP contribution in [0.2, 0.25) is 10.0 Å². The molecule has 0 saturated heterocycles. The van der Waals surface area contributed by atoms with Crippen LogP contribution >= 0.6 is 23.2 Å². The maximum atomic E-state index is 12.8. The maximum absolute atomic E-state index is 12.8. The number of pyridine rings is 1. The van der Waals surface area contributed by atoms with Crippen molar-refractivity contribution in [1.82, 2.24) is 15.3 Å². The van der Waals surface area contributed by atoms with Gasteiger partial charge in [0.1, 0.15) is 0 Å². The molecule has 2 N–H and O–H groups in total. The first-order valence-corrected chi connectivity index (χ1v) is 10.5. The molecular weight excluding hydrogens is 417 g/mol. The third-order valence-electron chi connectivity index (χ3n) is 5.12. The summed E-state index contributed by atoms with van der Waals surface area (Å²) < 4.78 is 0. The van der Waals surface area contributed by atoms with Crippen molar-refractivity contribution in [3.63, 3.8) is 0 Å². The molecule has 2 heterocycles. The minimum absolute atomic E-state index is 0.0210. The molecule has 0 unspecified atom stereocenters. The SMILES string of the molecule is O=C(C[C@@H](c1cccc(Cl)c1)c1c[nH]c2ccc(Cl)cc12)NCCc1ccccn1. The Morgan fingerprint density at radius 1 is 1.03 bits per heavy atom. The maximum Gasteiger partial charge on any atom is 0.220 e. The number of nitrogens with one attached hydrogen (secondary N) is 2. The summed E-state index contributed by atoms with van der Waals surface area (Å²) in [6, 6.07) is 19.2. The average Bonchev–Trinajstić information content (AvgIpc) is 3.15. The molecule has 0 fully saturated rings. The van der Waals surface area contributed by atoms with Crippen LogP contribution in [-0.2, 0) is 11.2 Å². The number of aromatic amines is 1. The summed E-state index contributed by atoms with van der Waals surface area (Å²) >= 11 is 12.5. The van der Waals surface area contributed by atoms with E-state index in [0.717, 1.165) is 27.7 Å². The van der Waals surface area contributed by atoms with Gasteiger partial charge in [0.05, 0.1) is 0 Å². The first-order valence-electron chi connectivity index (χ1n) is 9.79. The number of benzene rings is 2. The summed E-state index contributed by atoms with van der Waals surface area (Å²) in [5, 5.41) is 5.33. The van der Waals surface area contributed by atoms with Crippen LogP contribution in [0.5, 0.6) is 0 Å². The number of nitrogens with zero attached hydrogens (tertiary/aromatic N) is 1. The summed E-state index contributed by atoms with van der Waals surface area (Å²) in [5.74, 6) is -0.168. The van der Waals surface area contributed by atoms with Gasteiger partial charge in [-0.25, -0.2) is 0 Å². The Morgan fingerprint density at radius 3 is 2.70 bits per heavy atom. The van der Waals surface area contributed by atoms with Crippen LogP contribution < -0.4 is 5.32 Å². The molecular formula is C24H21Cl2N3O. The van der Waals surface area contributed by atoms with Gasteiger partial charge < -0.3 is 10.3 Å². The number of amides is 1. The molecule has 1 amide bonds. The highest BCUT2D eigenvalue weighted by Crippen LogP contribution is 2.35. The molecule has 4 aromatic rings. The fourth-order valence-electron chi connectivity index (χ4n) is 3.67. The molecule has 4 rings (SSSR count). The van der Waals surface area contributed by atoms with Crippen molar-refractivity contribution in [2.75, 3.05) is 6.54 Å². The number of hydrogen-bond donors (Lipinski definition) is 2. The molecule has 0 bridgehead atoms. The number of H-pyrrole nitrogens is 1. The third kappa shape index (κ3) is 4.84. The van der Waals surface area contributed by atoms with Crippen molar-refractivity contribution in [3.8, 4) is 0 Å². The van der Waals surface area contributed by atoms with Crippen LogP contribution in [-0.4, -0.2) is 22.4 Å². The summed E-state index contributed by atoms with van der Waals surface area (Å²) in [4.78, 5) is 20.4. The Kier molecular flexibility index (Phi) is 6.36. The number of fused-ring (bicyclic) bond motifs is 1. The van der Waals surface area contributed by atoms with Crippen LogP contribution in [0.15, 0.2) is 73.1 Å². The highest BCUT2D eigenvalue weighted by Gasteiger charge is 2.22. The van der Waals surface area contributed by atoms with Gasteiger partial charge in [0.15, 0.2) is 0 Å². The lowest BCUT2D eigenvalue weighted by molar-refractivity contribution is -0.121. The van der Waals surface area contributed by atoms with Crippen LogP contribution in [0.4, 0.5) is 0 Å². The largest absolute Gasteiger partial charge is 0.361 e. The number of halogens is 2. The van der Waals surface area contributed by atoms with Crippen LogP contribution in [0, 0.1) is 0 Å². The lowest BCUT2D eigenvalue weighted by Crippen LogP contribution is -2.27. The predicted molar refractivity (Wildman–Crippen MR) is 122 cm³/mol. The topological polar surface area (TPSA) is 57.8 Å². The first kappa shape index (κ1) is 20.5. The van der Waals surface area contributed by atoms with Gasteiger partial charge in [-0.3, -0.25) is 9.78 Å². The average molecular weight is 438 g/mol. The van der Waals surface area contributed by atoms with Gasteiger partial charge in [0.2, 0.25) is 5.91 Å². The zero-order chi connectivity index (χ0) is 20.9. The molecule has 2 aromatic carbocycles. The molecule has 30 heavy (non-hydrogen) atoms. The second kappa shape index (κ2) is 9.33. The molecule has 0 aliphatic rings. The van der Waals surface area contributed by atoms with Crippen molar-refractivity contribution in [2.45, 2.75) is 18.8 Å². The van der Waals surface area contributed by atoms with E-state index >= 15 is 0 Å². The van der Waals surface area contributed by atoms with E-state index in [2.05, 4.69) is 15.3 Å². The molecule has 1 atom stereocenters. The minimum atomic E-state index is -0.147. The molecule has 0 spiro atoms. The fraction of sp³-hybridized carbons (Fsp3) is 0.167. The van der Waals surface area contributed by atoms with Crippen LogP contribution in [0.25, 0.3) is 10.9 Å². The zero-order valence-electron chi connectivity index (χ0n) is 16.2. The number of hydrogen-bond acceptors (Lipinski definition) is 2. The van der Waals surface area contributed by atoms with Crippen LogP contribution in [0.1, 0.15) is 29.2 Å². The summed E-state index contributed by atoms with van der Waals surface area (Å²) in [6.45, 7) is 0.540. The molecule has 6 heteroatoms. The Morgan fingerprint density at radius 2 is 1.90 bits per heavy atom. The monoisotopic (exact) mass is 437 g/mol. The van der Waals surface area contributed by atoms with E-state index in [1.165, 1.54) is 0 Å². The quantitative estimate of drug-likeness (QED) is 0.386. The summed E-state index contributed by atoms with van der Waals surface area (Å²) in [7, 11) is 0. The Balaban J connectivity index is 1.56. The van der Waals surface area contributed by atoms with Gasteiger partial charge in [-0.05, 0) is 53.6 Å². The lowest BCUT2D eigenvalue weighted by atomic mass is 9.88. The second-order valence-electron chi connectivity index (χ2n) is 7.17. The number of aromatic nitrogens is 2. The molecule has 0 aliphatic heterocycles. The lowest BCUT2D eigenvalue weighted by Gasteiger charge is -2.18. The molecule has 0 aliphatic carbocycles. The molecule has 0 radical (unpaired) electrons. The van der Waals surface area contributed by atoms with E-state index in [-0.39, 0.29) is 11.8 Å². The fourth-order valence-corrected chi connectivity index (χ4v) is 4.04. The third-order valence-corrected chi connectivity index (χ3v) is 5.59. The van der Waals surface area contributed by atoms with Gasteiger partial charge in [0, 0.05) is 64.3 Å². The van der Waals surface area contributed by atoms with Crippen molar-refractivity contribution < 1.29 is 4.79 Å². The van der Waals surface area contributed by atoms with Crippen LogP contribution in [0.3, 0.4) is 0 Å².